The van der Waals surface area contributed by atoms with E-state index in [1.54, 1.807) is 6.08 Å². The Labute approximate surface area is 177 Å². The van der Waals surface area contributed by atoms with Crippen LogP contribution in [0.25, 0.3) is 0 Å². The van der Waals surface area contributed by atoms with Gasteiger partial charge in [-0.1, -0.05) is 31.3 Å². The molecule has 1 saturated heterocycles. The molecule has 1 aliphatic heterocycles. The highest BCUT2D eigenvalue weighted by atomic mass is 19.1. The first-order valence-corrected chi connectivity index (χ1v) is 11.1. The largest absolute Gasteiger partial charge is 0.352 e. The van der Waals surface area contributed by atoms with Gasteiger partial charge in [-0.25, -0.2) is 13.2 Å². The molecule has 1 aliphatic carbocycles. The normalized spacial score (nSPS) is 27.1. The number of hydrogen-bond acceptors (Lipinski definition) is 2. The Hall–Kier alpha value is -1.77. The van der Waals surface area contributed by atoms with E-state index in [4.69, 9.17) is 9.47 Å². The van der Waals surface area contributed by atoms with Crippen LogP contribution in [0.3, 0.4) is 0 Å². The van der Waals surface area contributed by atoms with Gasteiger partial charge >= 0.3 is 0 Å². The number of benzene rings is 1. The number of rotatable bonds is 6. The average Bonchev–Trinajstić information content (AvgIpc) is 2.74. The fourth-order valence-electron chi connectivity index (χ4n) is 4.23. The van der Waals surface area contributed by atoms with E-state index >= 15 is 0 Å². The molecule has 2 nitrogen and oxygen atoms in total. The SMILES string of the molecule is CCCC1COC(CCc2cc(F)c(C#CC3CCC(/C=C/F)CC3)c(F)c2)OC1. The Kier molecular flexibility index (Phi) is 8.84. The third kappa shape index (κ3) is 6.62. The van der Waals surface area contributed by atoms with Crippen molar-refractivity contribution >= 4 is 0 Å². The molecule has 0 aromatic heterocycles. The molecule has 0 spiro atoms. The topological polar surface area (TPSA) is 18.5 Å². The summed E-state index contributed by atoms with van der Waals surface area (Å²) >= 11 is 0. The van der Waals surface area contributed by atoms with Crippen molar-refractivity contribution in [3.63, 3.8) is 0 Å². The maximum absolute atomic E-state index is 14.5. The quantitative estimate of drug-likeness (QED) is 0.501. The maximum Gasteiger partial charge on any atom is 0.157 e. The van der Waals surface area contributed by atoms with Gasteiger partial charge in [0.1, 0.15) is 11.6 Å². The van der Waals surface area contributed by atoms with Gasteiger partial charge in [-0.3, -0.25) is 0 Å². The van der Waals surface area contributed by atoms with Crippen LogP contribution in [0, 0.1) is 41.2 Å². The van der Waals surface area contributed by atoms with Gasteiger partial charge in [0, 0.05) is 18.3 Å². The Bertz CT molecular complexity index is 741. The average molecular weight is 421 g/mol. The van der Waals surface area contributed by atoms with Gasteiger partial charge in [-0.15, -0.1) is 0 Å². The summed E-state index contributed by atoms with van der Waals surface area (Å²) in [7, 11) is 0. The minimum absolute atomic E-state index is 0.102. The zero-order chi connectivity index (χ0) is 21.3. The molecule has 1 heterocycles. The van der Waals surface area contributed by atoms with Gasteiger partial charge in [0.05, 0.1) is 25.1 Å². The predicted molar refractivity (Wildman–Crippen MR) is 111 cm³/mol. The molecule has 0 radical (unpaired) electrons. The molecule has 2 aliphatic rings. The summed E-state index contributed by atoms with van der Waals surface area (Å²) in [5.41, 5.74) is 0.411. The molecular weight excluding hydrogens is 389 g/mol. The van der Waals surface area contributed by atoms with E-state index in [2.05, 4.69) is 18.8 Å². The monoisotopic (exact) mass is 420 g/mol. The zero-order valence-electron chi connectivity index (χ0n) is 17.6. The Balaban J connectivity index is 1.52. The highest BCUT2D eigenvalue weighted by molar-refractivity contribution is 5.39. The van der Waals surface area contributed by atoms with Crippen LogP contribution in [0.4, 0.5) is 13.2 Å². The first kappa shape index (κ1) is 22.9. The van der Waals surface area contributed by atoms with E-state index in [9.17, 15) is 13.2 Å². The van der Waals surface area contributed by atoms with Gasteiger partial charge in [-0.05, 0) is 62.1 Å². The Morgan fingerprint density at radius 1 is 1.03 bits per heavy atom. The second kappa shape index (κ2) is 11.6. The van der Waals surface area contributed by atoms with Crippen LogP contribution < -0.4 is 0 Å². The molecule has 164 valence electrons. The Morgan fingerprint density at radius 2 is 1.70 bits per heavy atom. The summed E-state index contributed by atoms with van der Waals surface area (Å²) in [4.78, 5) is 0. The lowest BCUT2D eigenvalue weighted by atomic mass is 9.82. The standard InChI is InChI=1S/C25H31F3O2/c1-2-3-21-16-29-25(30-17-21)11-9-20-14-23(27)22(24(28)15-20)10-8-18-4-6-19(7-5-18)12-13-26/h12-15,18-19,21,25H,2-7,9,11,16-17H2,1H3/b13-12+. The van der Waals surface area contributed by atoms with Crippen LogP contribution >= 0.6 is 0 Å². The number of ether oxygens (including phenoxy) is 2. The molecule has 0 amide bonds. The number of halogens is 3. The minimum Gasteiger partial charge on any atom is -0.352 e. The van der Waals surface area contributed by atoms with Crippen molar-refractivity contribution in [1.29, 1.82) is 0 Å². The summed E-state index contributed by atoms with van der Waals surface area (Å²) in [6.45, 7) is 3.50. The molecular formula is C25H31F3O2. The molecule has 30 heavy (non-hydrogen) atoms. The van der Waals surface area contributed by atoms with Gasteiger partial charge in [0.15, 0.2) is 6.29 Å². The summed E-state index contributed by atoms with van der Waals surface area (Å²) in [5, 5.41) is 0. The molecule has 0 atom stereocenters. The lowest BCUT2D eigenvalue weighted by molar-refractivity contribution is -0.203. The van der Waals surface area contributed by atoms with Crippen molar-refractivity contribution in [3.8, 4) is 11.8 Å². The van der Waals surface area contributed by atoms with Crippen molar-refractivity contribution in [1.82, 2.24) is 0 Å². The third-order valence-corrected chi connectivity index (χ3v) is 6.02. The lowest BCUT2D eigenvalue weighted by Crippen LogP contribution is -2.32. The fourth-order valence-corrected chi connectivity index (χ4v) is 4.23. The summed E-state index contributed by atoms with van der Waals surface area (Å²) in [6.07, 6.45) is 8.46. The molecule has 1 saturated carbocycles. The first-order valence-electron chi connectivity index (χ1n) is 11.1. The molecule has 3 rings (SSSR count). The van der Waals surface area contributed by atoms with E-state index in [0.717, 1.165) is 38.5 Å². The fraction of sp³-hybridized carbons (Fsp3) is 0.600. The van der Waals surface area contributed by atoms with E-state index in [-0.39, 0.29) is 23.7 Å². The van der Waals surface area contributed by atoms with Crippen molar-refractivity contribution < 1.29 is 22.6 Å². The lowest BCUT2D eigenvalue weighted by Gasteiger charge is -2.29. The molecule has 0 bridgehead atoms. The smallest absolute Gasteiger partial charge is 0.157 e. The van der Waals surface area contributed by atoms with Crippen molar-refractivity contribution in [2.45, 2.75) is 64.6 Å². The number of aryl methyl sites for hydroxylation is 1. The molecule has 0 N–H and O–H groups in total. The first-order chi connectivity index (χ1) is 14.6. The van der Waals surface area contributed by atoms with Crippen LogP contribution in [0.2, 0.25) is 0 Å². The highest BCUT2D eigenvalue weighted by Crippen LogP contribution is 2.29. The highest BCUT2D eigenvalue weighted by Gasteiger charge is 2.22. The van der Waals surface area contributed by atoms with Crippen LogP contribution in [-0.2, 0) is 15.9 Å². The number of hydrogen-bond donors (Lipinski definition) is 0. The molecule has 2 fully saturated rings. The predicted octanol–water partition coefficient (Wildman–Crippen LogP) is 6.33. The van der Waals surface area contributed by atoms with Gasteiger partial charge in [0.25, 0.3) is 0 Å². The Morgan fingerprint density at radius 3 is 2.30 bits per heavy atom. The van der Waals surface area contributed by atoms with Gasteiger partial charge < -0.3 is 9.47 Å². The van der Waals surface area contributed by atoms with Crippen LogP contribution in [0.5, 0.6) is 0 Å². The molecule has 0 unspecified atom stereocenters. The van der Waals surface area contributed by atoms with Crippen LogP contribution in [-0.4, -0.2) is 19.5 Å². The van der Waals surface area contributed by atoms with Crippen molar-refractivity contribution in [3.05, 3.63) is 47.3 Å². The zero-order valence-corrected chi connectivity index (χ0v) is 17.6. The van der Waals surface area contributed by atoms with E-state index in [1.165, 1.54) is 12.1 Å². The van der Waals surface area contributed by atoms with E-state index < -0.39 is 11.6 Å². The summed E-state index contributed by atoms with van der Waals surface area (Å²) in [6, 6.07) is 2.72. The van der Waals surface area contributed by atoms with E-state index in [0.29, 0.717) is 43.9 Å². The molecule has 1 aromatic rings. The third-order valence-electron chi connectivity index (χ3n) is 6.02. The van der Waals surface area contributed by atoms with Crippen LogP contribution in [0.15, 0.2) is 24.5 Å². The van der Waals surface area contributed by atoms with Crippen LogP contribution in [0.1, 0.15) is 63.0 Å². The second-order valence-electron chi connectivity index (χ2n) is 8.42. The van der Waals surface area contributed by atoms with Crippen molar-refractivity contribution in [2.75, 3.05) is 13.2 Å². The number of allylic oxidation sites excluding steroid dienone is 1. The molecule has 5 heteroatoms. The van der Waals surface area contributed by atoms with E-state index in [1.807, 2.05) is 0 Å². The summed E-state index contributed by atoms with van der Waals surface area (Å²) in [5.74, 6) is 5.25. The molecule has 1 aromatic carbocycles. The van der Waals surface area contributed by atoms with Gasteiger partial charge in [0.2, 0.25) is 0 Å². The van der Waals surface area contributed by atoms with Gasteiger partial charge in [-0.2, -0.15) is 0 Å². The summed E-state index contributed by atoms with van der Waals surface area (Å²) < 4.78 is 52.7. The second-order valence-corrected chi connectivity index (χ2v) is 8.42. The maximum atomic E-state index is 14.5. The van der Waals surface area contributed by atoms with Crippen molar-refractivity contribution in [2.24, 2.45) is 17.8 Å². The minimum atomic E-state index is -0.625.